The molecule has 1 N–H and O–H groups in total. The van der Waals surface area contributed by atoms with E-state index in [1.54, 1.807) is 11.8 Å². The van der Waals surface area contributed by atoms with E-state index in [9.17, 15) is 14.7 Å². The van der Waals surface area contributed by atoms with Crippen molar-refractivity contribution in [2.75, 3.05) is 13.1 Å². The number of benzene rings is 2. The van der Waals surface area contributed by atoms with Crippen molar-refractivity contribution in [2.45, 2.75) is 32.3 Å². The Hall–Kier alpha value is -2.66. The third kappa shape index (κ3) is 4.55. The number of likely N-dealkylation sites (tertiary alicyclic amines) is 1. The third-order valence-corrected chi connectivity index (χ3v) is 5.04. The lowest BCUT2D eigenvalue weighted by Gasteiger charge is -2.22. The minimum absolute atomic E-state index is 0.127. The van der Waals surface area contributed by atoms with Gasteiger partial charge < -0.3 is 14.7 Å². The van der Waals surface area contributed by atoms with Crippen molar-refractivity contribution in [1.29, 1.82) is 0 Å². The predicted molar refractivity (Wildman–Crippen MR) is 103 cm³/mol. The Bertz CT molecular complexity index is 805. The summed E-state index contributed by atoms with van der Waals surface area (Å²) in [4.78, 5) is 27.0. The SMILES string of the molecule is CC(C(=O)C(C)c1cccc(Oc2ccccc2)c1)C(=O)N1CC[C@H](O)C1. The molecule has 0 aliphatic carbocycles. The van der Waals surface area contributed by atoms with Gasteiger partial charge in [0.15, 0.2) is 5.78 Å². The lowest BCUT2D eigenvalue weighted by molar-refractivity contribution is -0.140. The number of hydrogen-bond acceptors (Lipinski definition) is 4. The predicted octanol–water partition coefficient (Wildman–Crippen LogP) is 3.38. The Labute approximate surface area is 159 Å². The van der Waals surface area contributed by atoms with E-state index in [-0.39, 0.29) is 11.7 Å². The molecule has 2 aromatic rings. The first-order valence-electron chi connectivity index (χ1n) is 9.29. The molecule has 1 fully saturated rings. The summed E-state index contributed by atoms with van der Waals surface area (Å²) in [7, 11) is 0. The van der Waals surface area contributed by atoms with Crippen LogP contribution in [-0.2, 0) is 9.59 Å². The van der Waals surface area contributed by atoms with Gasteiger partial charge in [-0.25, -0.2) is 0 Å². The van der Waals surface area contributed by atoms with Crippen molar-refractivity contribution < 1.29 is 19.4 Å². The van der Waals surface area contributed by atoms with Crippen LogP contribution in [0.4, 0.5) is 0 Å². The second-order valence-corrected chi connectivity index (χ2v) is 7.06. The van der Waals surface area contributed by atoms with Gasteiger partial charge in [0.2, 0.25) is 5.91 Å². The summed E-state index contributed by atoms with van der Waals surface area (Å²) >= 11 is 0. The molecular formula is C22H25NO4. The molecule has 2 aromatic carbocycles. The molecule has 1 aliphatic heterocycles. The summed E-state index contributed by atoms with van der Waals surface area (Å²) in [5.41, 5.74) is 0.814. The highest BCUT2D eigenvalue weighted by Crippen LogP contribution is 2.27. The molecule has 0 aromatic heterocycles. The van der Waals surface area contributed by atoms with Gasteiger partial charge >= 0.3 is 0 Å². The maximum absolute atomic E-state index is 12.8. The topological polar surface area (TPSA) is 66.8 Å². The molecule has 2 unspecified atom stereocenters. The monoisotopic (exact) mass is 367 g/mol. The van der Waals surface area contributed by atoms with Crippen molar-refractivity contribution in [3.63, 3.8) is 0 Å². The number of rotatable bonds is 6. The second-order valence-electron chi connectivity index (χ2n) is 7.06. The van der Waals surface area contributed by atoms with Gasteiger partial charge in [-0.05, 0) is 43.2 Å². The number of nitrogens with zero attached hydrogens (tertiary/aromatic N) is 1. The zero-order valence-electron chi connectivity index (χ0n) is 15.7. The Morgan fingerprint density at radius 2 is 1.78 bits per heavy atom. The first-order chi connectivity index (χ1) is 13.0. The minimum atomic E-state index is -0.732. The molecule has 3 rings (SSSR count). The van der Waals surface area contributed by atoms with Crippen LogP contribution >= 0.6 is 0 Å². The summed E-state index contributed by atoms with van der Waals surface area (Å²) in [5, 5.41) is 9.61. The van der Waals surface area contributed by atoms with Crippen molar-refractivity contribution in [3.8, 4) is 11.5 Å². The van der Waals surface area contributed by atoms with Crippen LogP contribution in [0.2, 0.25) is 0 Å². The van der Waals surface area contributed by atoms with Gasteiger partial charge in [-0.1, -0.05) is 37.3 Å². The van der Waals surface area contributed by atoms with Crippen molar-refractivity contribution in [2.24, 2.45) is 5.92 Å². The number of aliphatic hydroxyl groups is 1. The normalized spacial score (nSPS) is 18.8. The summed E-state index contributed by atoms with van der Waals surface area (Å²) in [6.07, 6.45) is 0.0849. The number of ketones is 1. The van der Waals surface area contributed by atoms with E-state index < -0.39 is 17.9 Å². The zero-order valence-corrected chi connectivity index (χ0v) is 15.7. The van der Waals surface area contributed by atoms with E-state index in [1.165, 1.54) is 0 Å². The number of hydrogen-bond donors (Lipinski definition) is 1. The number of Topliss-reactive ketones (excluding diaryl/α,β-unsaturated/α-hetero) is 1. The van der Waals surface area contributed by atoms with E-state index in [2.05, 4.69) is 0 Å². The summed E-state index contributed by atoms with van der Waals surface area (Å²) < 4.78 is 5.84. The van der Waals surface area contributed by atoms with E-state index in [0.29, 0.717) is 25.3 Å². The molecule has 1 saturated heterocycles. The first kappa shape index (κ1) is 19.1. The Balaban J connectivity index is 1.69. The van der Waals surface area contributed by atoms with Gasteiger partial charge in [0, 0.05) is 19.0 Å². The van der Waals surface area contributed by atoms with E-state index in [1.807, 2.05) is 61.5 Å². The smallest absolute Gasteiger partial charge is 0.232 e. The number of para-hydroxylation sites is 1. The molecule has 5 nitrogen and oxygen atoms in total. The van der Waals surface area contributed by atoms with Crippen LogP contribution in [0.5, 0.6) is 11.5 Å². The van der Waals surface area contributed by atoms with Crippen molar-refractivity contribution >= 4 is 11.7 Å². The summed E-state index contributed by atoms with van der Waals surface area (Å²) in [6.45, 7) is 4.28. The maximum Gasteiger partial charge on any atom is 0.232 e. The van der Waals surface area contributed by atoms with Crippen molar-refractivity contribution in [1.82, 2.24) is 4.90 Å². The second kappa shape index (κ2) is 8.35. The van der Waals surface area contributed by atoms with Gasteiger partial charge in [-0.2, -0.15) is 0 Å². The summed E-state index contributed by atoms with van der Waals surface area (Å²) in [6, 6.07) is 16.8. The van der Waals surface area contributed by atoms with Crippen molar-refractivity contribution in [3.05, 3.63) is 60.2 Å². The van der Waals surface area contributed by atoms with Crippen LogP contribution in [0.15, 0.2) is 54.6 Å². The van der Waals surface area contributed by atoms with Crippen LogP contribution in [0.3, 0.4) is 0 Å². The molecule has 3 atom stereocenters. The molecule has 0 radical (unpaired) electrons. The Kier molecular flexibility index (Phi) is 5.91. The standard InChI is InChI=1S/C22H25NO4/c1-15(21(25)16(2)22(26)23-12-11-18(24)14-23)17-7-6-10-20(13-17)27-19-8-4-3-5-9-19/h3-10,13,15-16,18,24H,11-12,14H2,1-2H3/t15?,16?,18-/m0/s1. The largest absolute Gasteiger partial charge is 0.457 e. The number of carbonyl (C=O) groups excluding carboxylic acids is 2. The highest BCUT2D eigenvalue weighted by Gasteiger charge is 2.33. The number of ether oxygens (including phenoxy) is 1. The maximum atomic E-state index is 12.8. The van der Waals surface area contributed by atoms with Crippen LogP contribution in [0.25, 0.3) is 0 Å². The third-order valence-electron chi connectivity index (χ3n) is 5.04. The summed E-state index contributed by atoms with van der Waals surface area (Å²) in [5.74, 6) is -0.108. The zero-order chi connectivity index (χ0) is 19.4. The minimum Gasteiger partial charge on any atom is -0.457 e. The quantitative estimate of drug-likeness (QED) is 0.795. The van der Waals surface area contributed by atoms with Crippen LogP contribution < -0.4 is 4.74 Å². The Morgan fingerprint density at radius 3 is 2.44 bits per heavy atom. The lowest BCUT2D eigenvalue weighted by Crippen LogP contribution is -2.38. The molecule has 27 heavy (non-hydrogen) atoms. The molecule has 0 saturated carbocycles. The van der Waals surface area contributed by atoms with Crippen LogP contribution in [0, 0.1) is 5.92 Å². The van der Waals surface area contributed by atoms with Gasteiger partial charge in [-0.3, -0.25) is 9.59 Å². The fourth-order valence-electron chi connectivity index (χ4n) is 3.35. The number of aliphatic hydroxyl groups excluding tert-OH is 1. The molecule has 0 bridgehead atoms. The van der Waals surface area contributed by atoms with Gasteiger partial charge in [-0.15, -0.1) is 0 Å². The number of amides is 1. The molecule has 142 valence electrons. The Morgan fingerprint density at radius 1 is 1.07 bits per heavy atom. The van der Waals surface area contributed by atoms with Gasteiger partial charge in [0.1, 0.15) is 11.5 Å². The van der Waals surface area contributed by atoms with E-state index in [0.717, 1.165) is 11.3 Å². The average Bonchev–Trinajstić information content (AvgIpc) is 3.13. The highest BCUT2D eigenvalue weighted by molar-refractivity contribution is 6.03. The molecule has 1 amide bonds. The number of carbonyl (C=O) groups is 2. The highest BCUT2D eigenvalue weighted by atomic mass is 16.5. The fourth-order valence-corrected chi connectivity index (χ4v) is 3.35. The van der Waals surface area contributed by atoms with E-state index >= 15 is 0 Å². The van der Waals surface area contributed by atoms with Crippen LogP contribution in [0.1, 0.15) is 31.7 Å². The fraction of sp³-hybridized carbons (Fsp3) is 0.364. The first-order valence-corrected chi connectivity index (χ1v) is 9.29. The molecule has 0 spiro atoms. The average molecular weight is 367 g/mol. The van der Waals surface area contributed by atoms with Crippen LogP contribution in [-0.4, -0.2) is 40.9 Å². The van der Waals surface area contributed by atoms with E-state index in [4.69, 9.17) is 4.74 Å². The van der Waals surface area contributed by atoms with Gasteiger partial charge in [0.25, 0.3) is 0 Å². The molecule has 1 heterocycles. The lowest BCUT2D eigenvalue weighted by atomic mass is 9.89. The molecule has 5 heteroatoms. The molecular weight excluding hydrogens is 342 g/mol. The van der Waals surface area contributed by atoms with Gasteiger partial charge in [0.05, 0.1) is 12.0 Å². The molecule has 1 aliphatic rings. The number of β-amino-alcohol motifs (C(OH)–C–C–N with tert-alkyl or cyclic N) is 1.